The molecule has 0 aliphatic heterocycles. The van der Waals surface area contributed by atoms with Crippen molar-refractivity contribution in [2.75, 3.05) is 11.1 Å². The van der Waals surface area contributed by atoms with Gasteiger partial charge < -0.3 is 5.73 Å². The highest BCUT2D eigenvalue weighted by molar-refractivity contribution is 7.22. The second kappa shape index (κ2) is 5.53. The zero-order valence-corrected chi connectivity index (χ0v) is 12.3. The number of hydrogen-bond acceptors (Lipinski definition) is 5. The first kappa shape index (κ1) is 13.6. The Morgan fingerprint density at radius 1 is 1.43 bits per heavy atom. The van der Waals surface area contributed by atoms with Crippen LogP contribution in [0.3, 0.4) is 0 Å². The van der Waals surface area contributed by atoms with Gasteiger partial charge in [0.2, 0.25) is 0 Å². The maximum absolute atomic E-state index is 12.2. The van der Waals surface area contributed by atoms with Gasteiger partial charge in [-0.15, -0.1) is 0 Å². The molecule has 1 amide bonds. The number of nitrogen functional groups attached to an aromatic ring is 1. The van der Waals surface area contributed by atoms with Crippen LogP contribution in [-0.4, -0.2) is 21.1 Å². The number of fused-ring (bicyclic) bond motifs is 1. The molecule has 21 heavy (non-hydrogen) atoms. The van der Waals surface area contributed by atoms with Gasteiger partial charge in [0, 0.05) is 0 Å². The van der Waals surface area contributed by atoms with Gasteiger partial charge in [-0.3, -0.25) is 15.2 Å². The Morgan fingerprint density at radius 3 is 3.00 bits per heavy atom. The number of aromatic amines is 1. The highest BCUT2D eigenvalue weighted by atomic mass is 32.1. The van der Waals surface area contributed by atoms with Crippen molar-refractivity contribution in [3.63, 3.8) is 0 Å². The number of benzene rings is 1. The van der Waals surface area contributed by atoms with Crippen LogP contribution in [0.4, 0.5) is 10.8 Å². The number of hydrogen-bond donors (Lipinski definition) is 3. The maximum atomic E-state index is 12.2. The van der Waals surface area contributed by atoms with Gasteiger partial charge in [-0.1, -0.05) is 36.8 Å². The lowest BCUT2D eigenvalue weighted by Gasteiger charge is -1.99. The van der Waals surface area contributed by atoms with E-state index in [1.807, 2.05) is 31.2 Å². The molecule has 4 N–H and O–H groups in total. The van der Waals surface area contributed by atoms with Crippen LogP contribution in [-0.2, 0) is 6.42 Å². The smallest absolute Gasteiger partial charge is 0.280 e. The molecule has 6 nitrogen and oxygen atoms in total. The first-order chi connectivity index (χ1) is 10.2. The fourth-order valence-corrected chi connectivity index (χ4v) is 2.94. The molecule has 7 heteroatoms. The quantitative estimate of drug-likeness (QED) is 0.690. The summed E-state index contributed by atoms with van der Waals surface area (Å²) in [6, 6.07) is 7.72. The highest BCUT2D eigenvalue weighted by Crippen LogP contribution is 2.26. The fourth-order valence-electron chi connectivity index (χ4n) is 2.08. The molecular formula is C14H15N5OS. The minimum atomic E-state index is -0.342. The number of nitrogens with zero attached hydrogens (tertiary/aromatic N) is 2. The van der Waals surface area contributed by atoms with Gasteiger partial charge in [-0.2, -0.15) is 5.10 Å². The number of carbonyl (C=O) groups is 1. The second-order valence-corrected chi connectivity index (χ2v) is 5.69. The number of H-pyrrole nitrogens is 1. The average molecular weight is 301 g/mol. The summed E-state index contributed by atoms with van der Waals surface area (Å²) in [4.78, 5) is 16.6. The summed E-state index contributed by atoms with van der Waals surface area (Å²) in [5, 5.41) is 10.1. The molecule has 0 fully saturated rings. The standard InChI is InChI=1S/C14H15N5OS/c1-2-5-9-11(15)12(19-18-9)13(20)17-14-16-8-6-3-4-7-10(8)21-14/h3-4,6-7H,2,5,15H2,1H3,(H,18,19)(H,16,17,20). The van der Waals surface area contributed by atoms with Crippen molar-refractivity contribution >= 4 is 38.3 Å². The van der Waals surface area contributed by atoms with Gasteiger partial charge in [0.1, 0.15) is 0 Å². The molecule has 0 bridgehead atoms. The Morgan fingerprint density at radius 2 is 2.24 bits per heavy atom. The van der Waals surface area contributed by atoms with Crippen molar-refractivity contribution in [1.82, 2.24) is 15.2 Å². The van der Waals surface area contributed by atoms with Gasteiger partial charge in [0.25, 0.3) is 5.91 Å². The summed E-state index contributed by atoms with van der Waals surface area (Å²) in [5.41, 5.74) is 8.24. The van der Waals surface area contributed by atoms with Gasteiger partial charge >= 0.3 is 0 Å². The Hall–Kier alpha value is -2.41. The van der Waals surface area contributed by atoms with Crippen molar-refractivity contribution < 1.29 is 4.79 Å². The molecule has 2 aromatic heterocycles. The van der Waals surface area contributed by atoms with E-state index in [9.17, 15) is 4.79 Å². The summed E-state index contributed by atoms with van der Waals surface area (Å²) >= 11 is 1.42. The van der Waals surface area contributed by atoms with Crippen molar-refractivity contribution in [1.29, 1.82) is 0 Å². The van der Waals surface area contributed by atoms with E-state index < -0.39 is 0 Å². The van der Waals surface area contributed by atoms with Gasteiger partial charge in [0.15, 0.2) is 10.8 Å². The molecule has 0 saturated carbocycles. The maximum Gasteiger partial charge on any atom is 0.280 e. The van der Waals surface area contributed by atoms with Crippen LogP contribution in [0.15, 0.2) is 24.3 Å². The van der Waals surface area contributed by atoms with Crippen molar-refractivity contribution in [3.8, 4) is 0 Å². The Balaban J connectivity index is 1.82. The summed E-state index contributed by atoms with van der Waals surface area (Å²) in [6.07, 6.45) is 1.71. The van der Waals surface area contributed by atoms with Crippen LogP contribution >= 0.6 is 11.3 Å². The molecule has 108 valence electrons. The molecule has 2 heterocycles. The van der Waals surface area contributed by atoms with Crippen LogP contribution in [0.2, 0.25) is 0 Å². The molecule has 3 rings (SSSR count). The summed E-state index contributed by atoms with van der Waals surface area (Å²) < 4.78 is 1.02. The zero-order chi connectivity index (χ0) is 14.8. The largest absolute Gasteiger partial charge is 0.395 e. The van der Waals surface area contributed by atoms with Crippen molar-refractivity contribution in [2.45, 2.75) is 19.8 Å². The molecule has 0 atom stereocenters. The third kappa shape index (κ3) is 2.59. The minimum Gasteiger partial charge on any atom is -0.395 e. The first-order valence-corrected chi connectivity index (χ1v) is 7.50. The van der Waals surface area contributed by atoms with E-state index in [-0.39, 0.29) is 11.6 Å². The van der Waals surface area contributed by atoms with Crippen LogP contribution in [0.1, 0.15) is 29.5 Å². The lowest BCUT2D eigenvalue weighted by molar-refractivity contribution is 0.102. The van der Waals surface area contributed by atoms with Gasteiger partial charge in [0.05, 0.1) is 21.6 Å². The lowest BCUT2D eigenvalue weighted by Crippen LogP contribution is -2.14. The number of nitrogens with one attached hydrogen (secondary N) is 2. The van der Waals surface area contributed by atoms with E-state index in [1.165, 1.54) is 11.3 Å². The van der Waals surface area contributed by atoms with E-state index in [2.05, 4.69) is 20.5 Å². The van der Waals surface area contributed by atoms with E-state index >= 15 is 0 Å². The SMILES string of the molecule is CCCc1[nH]nc(C(=O)Nc2nc3ccccc3s2)c1N. The predicted molar refractivity (Wildman–Crippen MR) is 84.6 cm³/mol. The van der Waals surface area contributed by atoms with E-state index in [0.29, 0.717) is 10.8 Å². The number of carbonyl (C=O) groups excluding carboxylic acids is 1. The Kier molecular flexibility index (Phi) is 3.57. The minimum absolute atomic E-state index is 0.220. The Labute approximate surface area is 125 Å². The average Bonchev–Trinajstić information content (AvgIpc) is 3.03. The molecule has 0 aliphatic carbocycles. The van der Waals surface area contributed by atoms with Gasteiger partial charge in [-0.05, 0) is 18.6 Å². The topological polar surface area (TPSA) is 96.7 Å². The van der Waals surface area contributed by atoms with Crippen LogP contribution in [0.25, 0.3) is 10.2 Å². The normalized spacial score (nSPS) is 10.9. The van der Waals surface area contributed by atoms with Crippen molar-refractivity contribution in [2.24, 2.45) is 0 Å². The Bertz CT molecular complexity index is 759. The lowest BCUT2D eigenvalue weighted by atomic mass is 10.2. The van der Waals surface area contributed by atoms with E-state index in [0.717, 1.165) is 28.8 Å². The molecular weight excluding hydrogens is 286 g/mol. The number of aromatic nitrogens is 3. The number of thiazole rings is 1. The van der Waals surface area contributed by atoms with Crippen molar-refractivity contribution in [3.05, 3.63) is 35.7 Å². The summed E-state index contributed by atoms with van der Waals surface area (Å²) in [7, 11) is 0. The molecule has 0 saturated heterocycles. The first-order valence-electron chi connectivity index (χ1n) is 6.68. The highest BCUT2D eigenvalue weighted by Gasteiger charge is 2.18. The van der Waals surface area contributed by atoms with Crippen LogP contribution in [0, 0.1) is 0 Å². The molecule has 0 aliphatic rings. The monoisotopic (exact) mass is 301 g/mol. The summed E-state index contributed by atoms with van der Waals surface area (Å²) in [6.45, 7) is 2.04. The molecule has 1 aromatic carbocycles. The number of nitrogens with two attached hydrogens (primary N) is 1. The molecule has 0 spiro atoms. The third-order valence-electron chi connectivity index (χ3n) is 3.11. The van der Waals surface area contributed by atoms with E-state index in [1.54, 1.807) is 0 Å². The molecule has 0 unspecified atom stereocenters. The third-order valence-corrected chi connectivity index (χ3v) is 4.06. The van der Waals surface area contributed by atoms with E-state index in [4.69, 9.17) is 5.73 Å². The fraction of sp³-hybridized carbons (Fsp3) is 0.214. The number of amides is 1. The van der Waals surface area contributed by atoms with Gasteiger partial charge in [-0.25, -0.2) is 4.98 Å². The number of para-hydroxylation sites is 1. The van der Waals surface area contributed by atoms with Crippen LogP contribution in [0.5, 0.6) is 0 Å². The number of rotatable bonds is 4. The molecule has 0 radical (unpaired) electrons. The molecule has 3 aromatic rings. The predicted octanol–water partition coefficient (Wildman–Crippen LogP) is 2.81. The van der Waals surface area contributed by atoms with Crippen LogP contribution < -0.4 is 11.1 Å². The number of anilines is 2. The number of aryl methyl sites for hydroxylation is 1. The second-order valence-electron chi connectivity index (χ2n) is 4.66. The summed E-state index contributed by atoms with van der Waals surface area (Å²) in [5.74, 6) is -0.342. The zero-order valence-electron chi connectivity index (χ0n) is 11.5.